The van der Waals surface area contributed by atoms with Crippen LogP contribution in [0.15, 0.2) is 27.4 Å². The minimum absolute atomic E-state index is 0.0394. The van der Waals surface area contributed by atoms with Crippen molar-refractivity contribution >= 4 is 16.9 Å². The van der Waals surface area contributed by atoms with Crippen LogP contribution in [0.3, 0.4) is 0 Å². The first-order chi connectivity index (χ1) is 12.0. The maximum atomic E-state index is 11.9. The molecule has 134 valence electrons. The number of likely N-dealkylation sites (tertiary alicyclic amines) is 1. The van der Waals surface area contributed by atoms with Gasteiger partial charge in [-0.25, -0.2) is 4.79 Å². The number of hydrogen-bond donors (Lipinski definition) is 1. The van der Waals surface area contributed by atoms with Crippen molar-refractivity contribution < 1.29 is 19.1 Å². The average Bonchev–Trinajstić information content (AvgIpc) is 2.61. The van der Waals surface area contributed by atoms with Crippen molar-refractivity contribution in [3.05, 3.63) is 39.7 Å². The average molecular weight is 345 g/mol. The van der Waals surface area contributed by atoms with Crippen molar-refractivity contribution in [2.24, 2.45) is 5.92 Å². The number of nitrogens with zero attached hydrogens (tertiary/aromatic N) is 1. The monoisotopic (exact) mass is 345 g/mol. The molecule has 2 heterocycles. The maximum absolute atomic E-state index is 11.9. The summed E-state index contributed by atoms with van der Waals surface area (Å²) in [5.74, 6) is -0.0369. The smallest absolute Gasteiger partial charge is 0.336 e. The maximum Gasteiger partial charge on any atom is 0.336 e. The topological polar surface area (TPSA) is 80.0 Å². The molecule has 0 bridgehead atoms. The van der Waals surface area contributed by atoms with Gasteiger partial charge in [0.15, 0.2) is 0 Å². The minimum Gasteiger partial charge on any atom is -0.508 e. The van der Waals surface area contributed by atoms with Gasteiger partial charge in [0.2, 0.25) is 0 Å². The Labute approximate surface area is 146 Å². The fraction of sp³-hybridized carbons (Fsp3) is 0.474. The van der Waals surface area contributed by atoms with Gasteiger partial charge in [0, 0.05) is 24.1 Å². The lowest BCUT2D eigenvalue weighted by molar-refractivity contribution is -0.147. The van der Waals surface area contributed by atoms with Gasteiger partial charge in [0.05, 0.1) is 13.0 Å². The van der Waals surface area contributed by atoms with Crippen molar-refractivity contribution in [1.82, 2.24) is 4.90 Å². The Morgan fingerprint density at radius 1 is 1.28 bits per heavy atom. The minimum atomic E-state index is -0.421. The molecule has 1 fully saturated rings. The Balaban J connectivity index is 1.84. The molecule has 0 amide bonds. The van der Waals surface area contributed by atoms with Crippen molar-refractivity contribution in [3.63, 3.8) is 0 Å². The number of benzene rings is 1. The molecule has 1 aliphatic rings. The lowest BCUT2D eigenvalue weighted by Crippen LogP contribution is -2.36. The van der Waals surface area contributed by atoms with Crippen LogP contribution in [0, 0.1) is 5.92 Å². The Morgan fingerprint density at radius 2 is 2.00 bits per heavy atom. The van der Waals surface area contributed by atoms with Crippen LogP contribution in [0.5, 0.6) is 5.75 Å². The summed E-state index contributed by atoms with van der Waals surface area (Å²) < 4.78 is 10.1. The van der Waals surface area contributed by atoms with Gasteiger partial charge in [-0.2, -0.15) is 0 Å². The van der Waals surface area contributed by atoms with E-state index in [0.29, 0.717) is 18.5 Å². The number of aromatic hydroxyl groups is 1. The fourth-order valence-corrected chi connectivity index (χ4v) is 3.46. The Morgan fingerprint density at radius 3 is 2.64 bits per heavy atom. The third-order valence-corrected chi connectivity index (χ3v) is 4.93. The molecule has 1 aliphatic heterocycles. The van der Waals surface area contributed by atoms with Gasteiger partial charge in [0.25, 0.3) is 0 Å². The molecule has 6 nitrogen and oxygen atoms in total. The highest BCUT2D eigenvalue weighted by atomic mass is 16.5. The summed E-state index contributed by atoms with van der Waals surface area (Å²) in [6.45, 7) is 4.14. The SMILES string of the molecule is CCc1cc2c(CN3CCC(C(=O)OC)CC3)cc(=O)oc2cc1O. The molecule has 1 N–H and O–H groups in total. The molecule has 1 aromatic carbocycles. The number of fused-ring (bicyclic) bond motifs is 1. The summed E-state index contributed by atoms with van der Waals surface area (Å²) in [5.41, 5.74) is 1.70. The van der Waals surface area contributed by atoms with Crippen LogP contribution in [-0.2, 0) is 22.5 Å². The molecular weight excluding hydrogens is 322 g/mol. The number of piperidine rings is 1. The van der Waals surface area contributed by atoms with E-state index in [-0.39, 0.29) is 17.6 Å². The number of methoxy groups -OCH3 is 1. The van der Waals surface area contributed by atoms with Gasteiger partial charge in [-0.3, -0.25) is 9.69 Å². The van der Waals surface area contributed by atoms with E-state index < -0.39 is 5.63 Å². The molecule has 0 unspecified atom stereocenters. The summed E-state index contributed by atoms with van der Waals surface area (Å²) >= 11 is 0. The summed E-state index contributed by atoms with van der Waals surface area (Å²) in [5, 5.41) is 10.9. The molecule has 1 aromatic heterocycles. The predicted molar refractivity (Wildman–Crippen MR) is 93.5 cm³/mol. The Bertz CT molecular complexity index is 834. The number of phenolic OH excluding ortho intramolecular Hbond substituents is 1. The van der Waals surface area contributed by atoms with E-state index in [0.717, 1.165) is 42.4 Å². The van der Waals surface area contributed by atoms with Gasteiger partial charge in [-0.15, -0.1) is 0 Å². The van der Waals surface area contributed by atoms with Crippen LogP contribution in [0.25, 0.3) is 11.0 Å². The fourth-order valence-electron chi connectivity index (χ4n) is 3.46. The largest absolute Gasteiger partial charge is 0.508 e. The summed E-state index contributed by atoms with van der Waals surface area (Å²) in [6.07, 6.45) is 2.21. The van der Waals surface area contributed by atoms with Crippen molar-refractivity contribution in [1.29, 1.82) is 0 Å². The van der Waals surface area contributed by atoms with Crippen LogP contribution in [0.4, 0.5) is 0 Å². The van der Waals surface area contributed by atoms with E-state index in [1.165, 1.54) is 19.2 Å². The third-order valence-electron chi connectivity index (χ3n) is 4.93. The van der Waals surface area contributed by atoms with Gasteiger partial charge < -0.3 is 14.3 Å². The number of phenols is 1. The molecule has 0 aliphatic carbocycles. The highest BCUT2D eigenvalue weighted by Gasteiger charge is 2.26. The first-order valence-electron chi connectivity index (χ1n) is 8.60. The number of esters is 1. The second-order valence-corrected chi connectivity index (χ2v) is 6.49. The number of aryl methyl sites for hydroxylation is 1. The molecule has 0 spiro atoms. The van der Waals surface area contributed by atoms with E-state index in [9.17, 15) is 14.7 Å². The number of carbonyl (C=O) groups excluding carboxylic acids is 1. The van der Waals surface area contributed by atoms with E-state index in [1.807, 2.05) is 13.0 Å². The van der Waals surface area contributed by atoms with E-state index >= 15 is 0 Å². The Hall–Kier alpha value is -2.34. The normalized spacial score (nSPS) is 16.2. The van der Waals surface area contributed by atoms with Gasteiger partial charge >= 0.3 is 11.6 Å². The van der Waals surface area contributed by atoms with Gasteiger partial charge in [0.1, 0.15) is 11.3 Å². The molecule has 2 aromatic rings. The molecule has 0 atom stereocenters. The number of rotatable bonds is 4. The summed E-state index contributed by atoms with van der Waals surface area (Å²) in [7, 11) is 1.42. The van der Waals surface area contributed by atoms with Gasteiger partial charge in [-0.1, -0.05) is 6.92 Å². The summed E-state index contributed by atoms with van der Waals surface area (Å²) in [6, 6.07) is 4.93. The quantitative estimate of drug-likeness (QED) is 0.677. The lowest BCUT2D eigenvalue weighted by atomic mass is 9.96. The number of ether oxygens (including phenoxy) is 1. The summed E-state index contributed by atoms with van der Waals surface area (Å²) in [4.78, 5) is 25.7. The highest BCUT2D eigenvalue weighted by molar-refractivity contribution is 5.82. The van der Waals surface area contributed by atoms with E-state index in [4.69, 9.17) is 9.15 Å². The van der Waals surface area contributed by atoms with Crippen LogP contribution in [0.1, 0.15) is 30.9 Å². The highest BCUT2D eigenvalue weighted by Crippen LogP contribution is 2.28. The van der Waals surface area contributed by atoms with Crippen LogP contribution in [0.2, 0.25) is 0 Å². The van der Waals surface area contributed by atoms with Crippen molar-refractivity contribution in [3.8, 4) is 5.75 Å². The second kappa shape index (κ2) is 7.27. The second-order valence-electron chi connectivity index (χ2n) is 6.49. The standard InChI is InChI=1S/C19H23NO5/c1-3-12-8-15-14(9-18(22)25-17(15)10-16(12)21)11-20-6-4-13(5-7-20)19(23)24-2/h8-10,13,21H,3-7,11H2,1-2H3. The van der Waals surface area contributed by atoms with Crippen molar-refractivity contribution in [2.75, 3.05) is 20.2 Å². The van der Waals surface area contributed by atoms with Gasteiger partial charge in [-0.05, 0) is 49.5 Å². The van der Waals surface area contributed by atoms with Crippen LogP contribution >= 0.6 is 0 Å². The van der Waals surface area contributed by atoms with Crippen LogP contribution in [-0.4, -0.2) is 36.2 Å². The van der Waals surface area contributed by atoms with E-state index in [1.54, 1.807) is 0 Å². The molecule has 3 rings (SSSR count). The number of carbonyl (C=O) groups is 1. The first-order valence-corrected chi connectivity index (χ1v) is 8.60. The third kappa shape index (κ3) is 3.69. The predicted octanol–water partition coefficient (Wildman–Crippen LogP) is 2.45. The van der Waals surface area contributed by atoms with E-state index in [2.05, 4.69) is 4.90 Å². The molecule has 25 heavy (non-hydrogen) atoms. The zero-order chi connectivity index (χ0) is 18.0. The molecular formula is C19H23NO5. The van der Waals surface area contributed by atoms with Crippen molar-refractivity contribution in [2.45, 2.75) is 32.7 Å². The zero-order valence-corrected chi connectivity index (χ0v) is 14.6. The zero-order valence-electron chi connectivity index (χ0n) is 14.6. The first kappa shape index (κ1) is 17.5. The molecule has 0 radical (unpaired) electrons. The molecule has 1 saturated heterocycles. The Kier molecular flexibility index (Phi) is 5.08. The lowest BCUT2D eigenvalue weighted by Gasteiger charge is -2.30. The van der Waals surface area contributed by atoms with Crippen LogP contribution < -0.4 is 5.63 Å². The molecule has 6 heteroatoms. The number of hydrogen-bond acceptors (Lipinski definition) is 6. The molecule has 0 saturated carbocycles.